The molecular formula is C17H25N3O. The van der Waals surface area contributed by atoms with Gasteiger partial charge in [0.15, 0.2) is 5.82 Å². The van der Waals surface area contributed by atoms with Crippen molar-refractivity contribution >= 4 is 0 Å². The van der Waals surface area contributed by atoms with Crippen LogP contribution in [0.4, 0.5) is 0 Å². The summed E-state index contributed by atoms with van der Waals surface area (Å²) in [5.41, 5.74) is 9.10. The minimum absolute atomic E-state index is 0.374. The van der Waals surface area contributed by atoms with E-state index < -0.39 is 5.54 Å². The van der Waals surface area contributed by atoms with E-state index >= 15 is 0 Å². The summed E-state index contributed by atoms with van der Waals surface area (Å²) < 4.78 is 5.45. The van der Waals surface area contributed by atoms with Gasteiger partial charge in [0.05, 0.1) is 5.41 Å². The van der Waals surface area contributed by atoms with Crippen molar-refractivity contribution < 1.29 is 4.52 Å². The van der Waals surface area contributed by atoms with Gasteiger partial charge in [-0.3, -0.25) is 0 Å². The molecule has 4 heteroatoms. The molecule has 1 heterocycles. The highest BCUT2D eigenvalue weighted by Gasteiger charge is 2.40. The Morgan fingerprint density at radius 1 is 1.05 bits per heavy atom. The maximum Gasteiger partial charge on any atom is 0.234 e. The number of nitrogens with zero attached hydrogens (tertiary/aromatic N) is 2. The van der Waals surface area contributed by atoms with E-state index in [9.17, 15) is 0 Å². The average Bonchev–Trinajstić information content (AvgIpc) is 2.74. The van der Waals surface area contributed by atoms with Gasteiger partial charge in [-0.15, -0.1) is 0 Å². The fraction of sp³-hybridized carbons (Fsp3) is 0.529. The highest BCUT2D eigenvalue weighted by atomic mass is 16.5. The van der Waals surface area contributed by atoms with E-state index in [1.54, 1.807) is 0 Å². The first-order valence-corrected chi connectivity index (χ1v) is 7.29. The molecule has 0 aliphatic carbocycles. The van der Waals surface area contributed by atoms with E-state index in [4.69, 9.17) is 10.3 Å². The van der Waals surface area contributed by atoms with Crippen molar-refractivity contribution in [1.29, 1.82) is 0 Å². The van der Waals surface area contributed by atoms with Crippen molar-refractivity contribution in [3.8, 4) is 0 Å². The first-order chi connectivity index (χ1) is 9.59. The summed E-state index contributed by atoms with van der Waals surface area (Å²) in [5, 5.41) is 4.11. The minimum Gasteiger partial charge on any atom is -0.339 e. The zero-order valence-corrected chi connectivity index (χ0v) is 13.8. The fourth-order valence-corrected chi connectivity index (χ4v) is 2.21. The largest absolute Gasteiger partial charge is 0.339 e. The second-order valence-electron chi connectivity index (χ2n) is 7.04. The summed E-state index contributed by atoms with van der Waals surface area (Å²) >= 11 is 0. The Balaban J connectivity index is 2.25. The minimum atomic E-state index is -0.434. The average molecular weight is 287 g/mol. The Hall–Kier alpha value is -1.68. The molecule has 0 saturated heterocycles. The number of benzene rings is 1. The van der Waals surface area contributed by atoms with E-state index in [0.29, 0.717) is 18.1 Å². The lowest BCUT2D eigenvalue weighted by Gasteiger charge is -2.34. The molecule has 0 amide bonds. The number of aromatic nitrogens is 2. The number of aryl methyl sites for hydroxylation is 2. The summed E-state index contributed by atoms with van der Waals surface area (Å²) in [6.07, 6.45) is 0.674. The topological polar surface area (TPSA) is 64.9 Å². The van der Waals surface area contributed by atoms with Crippen LogP contribution in [0.3, 0.4) is 0 Å². The standard InChI is InChI=1S/C17H25N3O/c1-11-7-12(2)9-13(8-11)10-14-19-15(21-20-14)16(3,4)17(5,6)18/h7-9H,10,18H2,1-6H3. The Morgan fingerprint density at radius 3 is 2.14 bits per heavy atom. The zero-order chi connectivity index (χ0) is 15.8. The highest BCUT2D eigenvalue weighted by molar-refractivity contribution is 5.30. The van der Waals surface area contributed by atoms with Gasteiger partial charge in [0, 0.05) is 12.0 Å². The van der Waals surface area contributed by atoms with Crippen LogP contribution in [-0.4, -0.2) is 15.7 Å². The molecule has 0 aliphatic rings. The van der Waals surface area contributed by atoms with Crippen LogP contribution in [0.25, 0.3) is 0 Å². The van der Waals surface area contributed by atoms with Crippen LogP contribution in [0.2, 0.25) is 0 Å². The van der Waals surface area contributed by atoms with Crippen LogP contribution >= 0.6 is 0 Å². The van der Waals surface area contributed by atoms with Gasteiger partial charge in [0.2, 0.25) is 5.89 Å². The number of hydrogen-bond donors (Lipinski definition) is 1. The van der Waals surface area contributed by atoms with E-state index in [2.05, 4.69) is 42.2 Å². The Labute approximate surface area is 126 Å². The molecule has 0 aliphatic heterocycles. The normalized spacial score (nSPS) is 12.7. The molecule has 21 heavy (non-hydrogen) atoms. The summed E-state index contributed by atoms with van der Waals surface area (Å²) in [7, 11) is 0. The summed E-state index contributed by atoms with van der Waals surface area (Å²) in [5.74, 6) is 1.29. The van der Waals surface area contributed by atoms with E-state index in [1.165, 1.54) is 16.7 Å². The molecule has 0 spiro atoms. The highest BCUT2D eigenvalue weighted by Crippen LogP contribution is 2.31. The third kappa shape index (κ3) is 3.32. The van der Waals surface area contributed by atoms with Crippen molar-refractivity contribution in [2.24, 2.45) is 5.73 Å². The number of nitrogens with two attached hydrogens (primary N) is 1. The van der Waals surface area contributed by atoms with Crippen molar-refractivity contribution in [2.45, 2.75) is 58.9 Å². The molecule has 2 N–H and O–H groups in total. The number of hydrogen-bond acceptors (Lipinski definition) is 4. The third-order valence-electron chi connectivity index (χ3n) is 4.26. The first-order valence-electron chi connectivity index (χ1n) is 7.29. The van der Waals surface area contributed by atoms with Crippen molar-refractivity contribution in [2.75, 3.05) is 0 Å². The predicted molar refractivity (Wildman–Crippen MR) is 84.3 cm³/mol. The maximum absolute atomic E-state index is 6.22. The van der Waals surface area contributed by atoms with E-state index in [1.807, 2.05) is 27.7 Å². The summed E-state index contributed by atoms with van der Waals surface area (Å²) in [4.78, 5) is 4.55. The van der Waals surface area contributed by atoms with Crippen LogP contribution in [0.1, 0.15) is 56.1 Å². The van der Waals surface area contributed by atoms with Gasteiger partial charge in [0.25, 0.3) is 0 Å². The third-order valence-corrected chi connectivity index (χ3v) is 4.26. The van der Waals surface area contributed by atoms with Gasteiger partial charge < -0.3 is 10.3 Å². The van der Waals surface area contributed by atoms with Crippen LogP contribution in [-0.2, 0) is 11.8 Å². The molecule has 0 unspecified atom stereocenters. The summed E-state index contributed by atoms with van der Waals surface area (Å²) in [6, 6.07) is 6.47. The zero-order valence-electron chi connectivity index (χ0n) is 13.8. The number of rotatable bonds is 4. The lowest BCUT2D eigenvalue weighted by Crippen LogP contribution is -2.50. The molecule has 0 bridgehead atoms. The molecule has 1 aromatic heterocycles. The fourth-order valence-electron chi connectivity index (χ4n) is 2.21. The molecule has 2 rings (SSSR count). The Morgan fingerprint density at radius 2 is 1.62 bits per heavy atom. The quantitative estimate of drug-likeness (QED) is 0.937. The lowest BCUT2D eigenvalue weighted by atomic mass is 9.75. The van der Waals surface area contributed by atoms with Crippen molar-refractivity contribution in [3.05, 3.63) is 46.6 Å². The van der Waals surface area contributed by atoms with Crippen molar-refractivity contribution in [3.63, 3.8) is 0 Å². The molecule has 1 aromatic carbocycles. The molecular weight excluding hydrogens is 262 g/mol. The summed E-state index contributed by atoms with van der Waals surface area (Å²) in [6.45, 7) is 12.2. The Bertz CT molecular complexity index is 615. The molecule has 4 nitrogen and oxygen atoms in total. The first kappa shape index (κ1) is 15.7. The molecule has 2 aromatic rings. The molecule has 0 radical (unpaired) electrons. The smallest absolute Gasteiger partial charge is 0.234 e. The van der Waals surface area contributed by atoms with Gasteiger partial charge in [-0.1, -0.05) is 34.5 Å². The van der Waals surface area contributed by atoms with Crippen LogP contribution in [0.15, 0.2) is 22.7 Å². The predicted octanol–water partition coefficient (Wildman–Crippen LogP) is 3.29. The van der Waals surface area contributed by atoms with Crippen molar-refractivity contribution in [1.82, 2.24) is 10.1 Å². The second-order valence-corrected chi connectivity index (χ2v) is 7.04. The lowest BCUT2D eigenvalue weighted by molar-refractivity contribution is 0.222. The monoisotopic (exact) mass is 287 g/mol. The van der Waals surface area contributed by atoms with Gasteiger partial charge in [-0.05, 0) is 47.1 Å². The van der Waals surface area contributed by atoms with Gasteiger partial charge in [-0.25, -0.2) is 0 Å². The van der Waals surface area contributed by atoms with E-state index in [-0.39, 0.29) is 5.41 Å². The molecule has 0 atom stereocenters. The van der Waals surface area contributed by atoms with Crippen LogP contribution < -0.4 is 5.73 Å². The molecule has 0 saturated carbocycles. The van der Waals surface area contributed by atoms with Crippen LogP contribution in [0.5, 0.6) is 0 Å². The second kappa shape index (κ2) is 5.26. The van der Waals surface area contributed by atoms with Gasteiger partial charge in [0.1, 0.15) is 0 Å². The van der Waals surface area contributed by atoms with E-state index in [0.717, 1.165) is 0 Å². The maximum atomic E-state index is 6.22. The molecule has 114 valence electrons. The van der Waals surface area contributed by atoms with Gasteiger partial charge >= 0.3 is 0 Å². The molecule has 0 fully saturated rings. The SMILES string of the molecule is Cc1cc(C)cc(Cc2noc(C(C)(C)C(C)(C)N)n2)c1. The van der Waals surface area contributed by atoms with Gasteiger partial charge in [-0.2, -0.15) is 4.98 Å². The Kier molecular flexibility index (Phi) is 3.93. The van der Waals surface area contributed by atoms with Crippen LogP contribution in [0, 0.1) is 13.8 Å².